The Balaban J connectivity index is 2.29. The third-order valence-corrected chi connectivity index (χ3v) is 2.59. The van der Waals surface area contributed by atoms with Gasteiger partial charge in [0, 0.05) is 11.6 Å². The highest BCUT2D eigenvalue weighted by atomic mass is 35.5. The van der Waals surface area contributed by atoms with E-state index in [2.05, 4.69) is 12.2 Å². The summed E-state index contributed by atoms with van der Waals surface area (Å²) in [4.78, 5) is 11.5. The molecule has 1 rings (SSSR count). The van der Waals surface area contributed by atoms with Crippen LogP contribution in [0, 0.1) is 0 Å². The molecule has 0 saturated heterocycles. The smallest absolute Gasteiger partial charge is 0.224 e. The molecule has 0 atom stereocenters. The Morgan fingerprint density at radius 1 is 1.38 bits per heavy atom. The fraction of sp³-hybridized carbons (Fsp3) is 0.462. The second-order valence-corrected chi connectivity index (χ2v) is 4.30. The Hall–Kier alpha value is -1.02. The van der Waals surface area contributed by atoms with Gasteiger partial charge >= 0.3 is 0 Å². The van der Waals surface area contributed by atoms with Crippen LogP contribution in [0.5, 0.6) is 0 Å². The van der Waals surface area contributed by atoms with Crippen molar-refractivity contribution in [1.82, 2.24) is 5.32 Å². The second-order valence-electron chi connectivity index (χ2n) is 3.86. The zero-order valence-corrected chi connectivity index (χ0v) is 10.4. The molecule has 0 unspecified atom stereocenters. The molecule has 0 heterocycles. The monoisotopic (exact) mass is 239 g/mol. The highest BCUT2D eigenvalue weighted by Crippen LogP contribution is 2.10. The lowest BCUT2D eigenvalue weighted by Crippen LogP contribution is -2.26. The summed E-state index contributed by atoms with van der Waals surface area (Å²) in [5.74, 6) is 0.0679. The summed E-state index contributed by atoms with van der Waals surface area (Å²) in [6.07, 6.45) is 3.80. The summed E-state index contributed by atoms with van der Waals surface area (Å²) in [5.41, 5.74) is 0.959. The van der Waals surface area contributed by atoms with E-state index in [1.165, 1.54) is 6.42 Å². The first-order chi connectivity index (χ1) is 7.72. The lowest BCUT2D eigenvalue weighted by atomic mass is 10.1. The van der Waals surface area contributed by atoms with Gasteiger partial charge in [0.05, 0.1) is 6.42 Å². The van der Waals surface area contributed by atoms with E-state index in [9.17, 15) is 4.79 Å². The zero-order chi connectivity index (χ0) is 11.8. The highest BCUT2D eigenvalue weighted by Gasteiger charge is 2.02. The Morgan fingerprint density at radius 3 is 2.88 bits per heavy atom. The number of carbonyl (C=O) groups excluding carboxylic acids is 1. The number of unbranched alkanes of at least 4 members (excludes halogenated alkanes) is 2. The van der Waals surface area contributed by atoms with E-state index >= 15 is 0 Å². The Kier molecular flexibility index (Phi) is 5.94. The number of rotatable bonds is 6. The minimum atomic E-state index is 0.0679. The van der Waals surface area contributed by atoms with Crippen LogP contribution in [0.2, 0.25) is 5.02 Å². The SMILES string of the molecule is CCCCCNC(=O)Cc1cccc(Cl)c1. The summed E-state index contributed by atoms with van der Waals surface area (Å²) >= 11 is 5.84. The van der Waals surface area contributed by atoms with E-state index in [0.717, 1.165) is 24.9 Å². The van der Waals surface area contributed by atoms with Crippen molar-refractivity contribution in [1.29, 1.82) is 0 Å². The van der Waals surface area contributed by atoms with Crippen LogP contribution in [-0.2, 0) is 11.2 Å². The molecule has 1 N–H and O–H groups in total. The number of carbonyl (C=O) groups is 1. The summed E-state index contributed by atoms with van der Waals surface area (Å²) in [7, 11) is 0. The third kappa shape index (κ3) is 5.17. The molecule has 0 aliphatic carbocycles. The quantitative estimate of drug-likeness (QED) is 0.759. The summed E-state index contributed by atoms with van der Waals surface area (Å²) in [5, 5.41) is 3.58. The van der Waals surface area contributed by atoms with Crippen LogP contribution < -0.4 is 5.32 Å². The van der Waals surface area contributed by atoms with Gasteiger partial charge in [0.15, 0.2) is 0 Å². The van der Waals surface area contributed by atoms with E-state index in [0.29, 0.717) is 11.4 Å². The van der Waals surface area contributed by atoms with Crippen LogP contribution in [0.15, 0.2) is 24.3 Å². The number of hydrogen-bond donors (Lipinski definition) is 1. The molecule has 0 aliphatic rings. The van der Waals surface area contributed by atoms with Crippen molar-refractivity contribution in [3.05, 3.63) is 34.9 Å². The van der Waals surface area contributed by atoms with Crippen molar-refractivity contribution in [2.24, 2.45) is 0 Å². The van der Waals surface area contributed by atoms with E-state index in [1.54, 1.807) is 0 Å². The maximum Gasteiger partial charge on any atom is 0.224 e. The van der Waals surface area contributed by atoms with E-state index in [-0.39, 0.29) is 5.91 Å². The summed E-state index contributed by atoms with van der Waals surface area (Å²) < 4.78 is 0. The molecule has 3 heteroatoms. The van der Waals surface area contributed by atoms with Gasteiger partial charge in [-0.1, -0.05) is 43.5 Å². The molecule has 88 valence electrons. The van der Waals surface area contributed by atoms with Crippen LogP contribution in [0.25, 0.3) is 0 Å². The van der Waals surface area contributed by atoms with Crippen molar-refractivity contribution in [2.45, 2.75) is 32.6 Å². The molecule has 0 spiro atoms. The lowest BCUT2D eigenvalue weighted by molar-refractivity contribution is -0.120. The van der Waals surface area contributed by atoms with Gasteiger partial charge in [-0.2, -0.15) is 0 Å². The molecule has 0 aliphatic heterocycles. The molecular formula is C13H18ClNO. The third-order valence-electron chi connectivity index (χ3n) is 2.36. The van der Waals surface area contributed by atoms with Crippen molar-refractivity contribution in [2.75, 3.05) is 6.54 Å². The molecule has 0 radical (unpaired) electrons. The largest absolute Gasteiger partial charge is 0.356 e. The number of nitrogens with one attached hydrogen (secondary N) is 1. The molecule has 1 amide bonds. The van der Waals surface area contributed by atoms with Crippen LogP contribution in [0.3, 0.4) is 0 Å². The predicted molar refractivity (Wildman–Crippen MR) is 67.7 cm³/mol. The topological polar surface area (TPSA) is 29.1 Å². The zero-order valence-electron chi connectivity index (χ0n) is 9.63. The lowest BCUT2D eigenvalue weighted by Gasteiger charge is -2.04. The Morgan fingerprint density at radius 2 is 2.19 bits per heavy atom. The molecule has 1 aromatic rings. The normalized spacial score (nSPS) is 10.1. The van der Waals surface area contributed by atoms with Gasteiger partial charge in [-0.3, -0.25) is 4.79 Å². The van der Waals surface area contributed by atoms with Crippen molar-refractivity contribution < 1.29 is 4.79 Å². The van der Waals surface area contributed by atoms with Gasteiger partial charge in [-0.15, -0.1) is 0 Å². The highest BCUT2D eigenvalue weighted by molar-refractivity contribution is 6.30. The van der Waals surface area contributed by atoms with E-state index in [1.807, 2.05) is 24.3 Å². The predicted octanol–water partition coefficient (Wildman–Crippen LogP) is 3.19. The van der Waals surface area contributed by atoms with Crippen molar-refractivity contribution >= 4 is 17.5 Å². The second kappa shape index (κ2) is 7.29. The van der Waals surface area contributed by atoms with Gasteiger partial charge in [-0.25, -0.2) is 0 Å². The minimum absolute atomic E-state index is 0.0679. The maximum absolute atomic E-state index is 11.5. The molecule has 0 fully saturated rings. The van der Waals surface area contributed by atoms with Gasteiger partial charge in [0.25, 0.3) is 0 Å². The molecular weight excluding hydrogens is 222 g/mol. The molecule has 0 bridgehead atoms. The van der Waals surface area contributed by atoms with Crippen LogP contribution in [0.4, 0.5) is 0 Å². The Labute approximate surface area is 102 Å². The van der Waals surface area contributed by atoms with Gasteiger partial charge < -0.3 is 5.32 Å². The van der Waals surface area contributed by atoms with Gasteiger partial charge in [-0.05, 0) is 24.1 Å². The average molecular weight is 240 g/mol. The first-order valence-corrected chi connectivity index (χ1v) is 6.11. The number of amides is 1. The Bertz CT molecular complexity index is 338. The molecule has 2 nitrogen and oxygen atoms in total. The van der Waals surface area contributed by atoms with E-state index < -0.39 is 0 Å². The van der Waals surface area contributed by atoms with E-state index in [4.69, 9.17) is 11.6 Å². The number of hydrogen-bond acceptors (Lipinski definition) is 1. The first-order valence-electron chi connectivity index (χ1n) is 5.73. The van der Waals surface area contributed by atoms with Crippen LogP contribution in [0.1, 0.15) is 31.7 Å². The fourth-order valence-electron chi connectivity index (χ4n) is 1.50. The summed E-state index contributed by atoms with van der Waals surface area (Å²) in [6.45, 7) is 2.92. The first kappa shape index (κ1) is 13.0. The fourth-order valence-corrected chi connectivity index (χ4v) is 1.71. The molecule has 0 saturated carbocycles. The number of benzene rings is 1. The van der Waals surface area contributed by atoms with Crippen LogP contribution >= 0.6 is 11.6 Å². The number of halogens is 1. The van der Waals surface area contributed by atoms with Crippen LogP contribution in [-0.4, -0.2) is 12.5 Å². The minimum Gasteiger partial charge on any atom is -0.356 e. The summed E-state index contributed by atoms with van der Waals surface area (Å²) in [6, 6.07) is 7.41. The maximum atomic E-state index is 11.5. The molecule has 16 heavy (non-hydrogen) atoms. The molecule has 0 aromatic heterocycles. The van der Waals surface area contributed by atoms with Crippen molar-refractivity contribution in [3.63, 3.8) is 0 Å². The average Bonchev–Trinajstić information content (AvgIpc) is 2.24. The van der Waals surface area contributed by atoms with Crippen molar-refractivity contribution in [3.8, 4) is 0 Å². The van der Waals surface area contributed by atoms with Gasteiger partial charge in [0.1, 0.15) is 0 Å². The van der Waals surface area contributed by atoms with Gasteiger partial charge in [0.2, 0.25) is 5.91 Å². The molecule has 1 aromatic carbocycles. The standard InChI is InChI=1S/C13H18ClNO/c1-2-3-4-8-15-13(16)10-11-6-5-7-12(14)9-11/h5-7,9H,2-4,8,10H2,1H3,(H,15,16).